The summed E-state index contributed by atoms with van der Waals surface area (Å²) in [6, 6.07) is 17.9. The highest BCUT2D eigenvalue weighted by Gasteiger charge is 2.30. The van der Waals surface area contributed by atoms with Crippen molar-refractivity contribution in [2.24, 2.45) is 0 Å². The Balaban J connectivity index is 1.49. The average molecular weight is 436 g/mol. The molecule has 0 bridgehead atoms. The van der Waals surface area contributed by atoms with E-state index >= 15 is 0 Å². The fourth-order valence-electron chi connectivity index (χ4n) is 3.26. The maximum atomic E-state index is 12.7. The van der Waals surface area contributed by atoms with Gasteiger partial charge in [0.05, 0.1) is 23.4 Å². The van der Waals surface area contributed by atoms with E-state index in [9.17, 15) is 18.0 Å². The predicted molar refractivity (Wildman–Crippen MR) is 114 cm³/mol. The zero-order valence-corrected chi connectivity index (χ0v) is 16.9. The van der Waals surface area contributed by atoms with Crippen LogP contribution in [-0.4, -0.2) is 20.7 Å². The van der Waals surface area contributed by atoms with E-state index in [1.54, 1.807) is 17.1 Å². The van der Waals surface area contributed by atoms with Gasteiger partial charge in [-0.1, -0.05) is 30.3 Å². The largest absolute Gasteiger partial charge is 0.416 e. The van der Waals surface area contributed by atoms with Crippen LogP contribution in [0.4, 0.5) is 13.2 Å². The van der Waals surface area contributed by atoms with Gasteiger partial charge in [0, 0.05) is 36.3 Å². The quantitative estimate of drug-likeness (QED) is 0.472. The molecule has 5 nitrogen and oxygen atoms in total. The van der Waals surface area contributed by atoms with Crippen LogP contribution in [-0.2, 0) is 23.9 Å². The smallest absolute Gasteiger partial charge is 0.352 e. The fourth-order valence-corrected chi connectivity index (χ4v) is 3.26. The number of benzene rings is 2. The minimum atomic E-state index is -4.40. The lowest BCUT2D eigenvalue weighted by Crippen LogP contribution is -2.24. The van der Waals surface area contributed by atoms with E-state index in [1.165, 1.54) is 12.1 Å². The molecule has 0 atom stereocenters. The van der Waals surface area contributed by atoms with E-state index in [-0.39, 0.29) is 18.9 Å². The van der Waals surface area contributed by atoms with E-state index in [2.05, 4.69) is 15.4 Å². The Kier molecular flexibility index (Phi) is 6.02. The first kappa shape index (κ1) is 21.3. The number of aromatic nitrogens is 3. The molecule has 0 aliphatic heterocycles. The molecule has 0 spiro atoms. The van der Waals surface area contributed by atoms with Gasteiger partial charge in [-0.15, -0.1) is 0 Å². The van der Waals surface area contributed by atoms with Gasteiger partial charge in [-0.05, 0) is 42.0 Å². The van der Waals surface area contributed by atoms with Crippen molar-refractivity contribution in [1.29, 1.82) is 0 Å². The summed E-state index contributed by atoms with van der Waals surface area (Å²) in [6.07, 6.45) is 0.774. The highest BCUT2D eigenvalue weighted by Crippen LogP contribution is 2.29. The Bertz CT molecular complexity index is 1190. The highest BCUT2D eigenvalue weighted by atomic mass is 19.4. The molecular weight excluding hydrogens is 417 g/mol. The van der Waals surface area contributed by atoms with Crippen molar-refractivity contribution in [3.8, 4) is 16.9 Å². The molecule has 2 heterocycles. The van der Waals surface area contributed by atoms with Crippen LogP contribution < -0.4 is 5.32 Å². The average Bonchev–Trinajstić information content (AvgIpc) is 3.23. The lowest BCUT2D eigenvalue weighted by Gasteiger charge is -2.08. The van der Waals surface area contributed by atoms with Gasteiger partial charge in [0.2, 0.25) is 5.91 Å². The highest BCUT2D eigenvalue weighted by molar-refractivity contribution is 5.78. The molecule has 0 unspecified atom stereocenters. The summed E-state index contributed by atoms with van der Waals surface area (Å²) in [6.45, 7) is 0.226. The Morgan fingerprint density at radius 2 is 1.62 bits per heavy atom. The van der Waals surface area contributed by atoms with Crippen molar-refractivity contribution < 1.29 is 18.0 Å². The molecule has 0 aliphatic rings. The third-order valence-corrected chi connectivity index (χ3v) is 4.89. The van der Waals surface area contributed by atoms with Gasteiger partial charge in [-0.3, -0.25) is 9.78 Å². The van der Waals surface area contributed by atoms with E-state index in [0.717, 1.165) is 28.9 Å². The number of amides is 1. The number of carbonyl (C=O) groups is 1. The molecule has 4 aromatic rings. The summed E-state index contributed by atoms with van der Waals surface area (Å²) >= 11 is 0. The molecule has 0 saturated heterocycles. The number of nitrogens with zero attached hydrogens (tertiary/aromatic N) is 3. The van der Waals surface area contributed by atoms with Gasteiger partial charge in [-0.2, -0.15) is 18.3 Å². The topological polar surface area (TPSA) is 59.8 Å². The number of hydrogen-bond donors (Lipinski definition) is 1. The number of nitrogens with one attached hydrogen (secondary N) is 1. The summed E-state index contributed by atoms with van der Waals surface area (Å²) in [5, 5.41) is 7.51. The van der Waals surface area contributed by atoms with Gasteiger partial charge in [-0.25, -0.2) is 4.68 Å². The predicted octanol–water partition coefficient (Wildman–Crippen LogP) is 4.81. The Hall–Kier alpha value is -3.94. The van der Waals surface area contributed by atoms with Crippen LogP contribution in [0.25, 0.3) is 16.9 Å². The summed E-state index contributed by atoms with van der Waals surface area (Å²) in [5.41, 5.74) is 3.03. The molecule has 162 valence electrons. The fraction of sp³-hybridized carbons (Fsp3) is 0.125. The molecule has 2 aromatic carbocycles. The molecule has 2 aromatic heterocycles. The standard InChI is InChI=1S/C24H19F3N4O/c25-24(26,27)20-8-6-17(7-9-20)14-22(32)29-15-19-16-31(21-4-2-1-3-5-21)30-23(19)18-10-12-28-13-11-18/h1-13,16H,14-15H2,(H,29,32). The van der Waals surface area contributed by atoms with Gasteiger partial charge in [0.1, 0.15) is 0 Å². The summed E-state index contributed by atoms with van der Waals surface area (Å²) < 4.78 is 39.8. The SMILES string of the molecule is O=C(Cc1ccc(C(F)(F)F)cc1)NCc1cn(-c2ccccc2)nc1-c1ccncc1. The lowest BCUT2D eigenvalue weighted by molar-refractivity contribution is -0.137. The number of alkyl halides is 3. The van der Waals surface area contributed by atoms with Crippen molar-refractivity contribution in [1.82, 2.24) is 20.1 Å². The van der Waals surface area contributed by atoms with Gasteiger partial charge < -0.3 is 5.32 Å². The van der Waals surface area contributed by atoms with Gasteiger partial charge in [0.15, 0.2) is 0 Å². The second-order valence-corrected chi connectivity index (χ2v) is 7.17. The molecule has 0 saturated carbocycles. The van der Waals surface area contributed by atoms with Gasteiger partial charge >= 0.3 is 6.18 Å². The minimum absolute atomic E-state index is 0.0183. The molecule has 0 fully saturated rings. The van der Waals surface area contributed by atoms with E-state index < -0.39 is 11.7 Å². The Morgan fingerprint density at radius 3 is 2.28 bits per heavy atom. The second kappa shape index (κ2) is 9.05. The first-order valence-corrected chi connectivity index (χ1v) is 9.87. The number of carbonyl (C=O) groups excluding carboxylic acids is 1. The molecule has 8 heteroatoms. The van der Waals surface area contributed by atoms with Crippen LogP contribution in [0.2, 0.25) is 0 Å². The van der Waals surface area contributed by atoms with Crippen LogP contribution in [0.1, 0.15) is 16.7 Å². The number of para-hydroxylation sites is 1. The zero-order chi connectivity index (χ0) is 22.6. The second-order valence-electron chi connectivity index (χ2n) is 7.17. The first-order valence-electron chi connectivity index (χ1n) is 9.87. The summed E-state index contributed by atoms with van der Waals surface area (Å²) in [5.74, 6) is -0.294. The van der Waals surface area contributed by atoms with Crippen LogP contribution >= 0.6 is 0 Å². The van der Waals surface area contributed by atoms with Crippen molar-refractivity contribution >= 4 is 5.91 Å². The molecular formula is C24H19F3N4O. The molecule has 32 heavy (non-hydrogen) atoms. The van der Waals surface area contributed by atoms with Crippen LogP contribution in [0.3, 0.4) is 0 Å². The minimum Gasteiger partial charge on any atom is -0.352 e. The maximum Gasteiger partial charge on any atom is 0.416 e. The van der Waals surface area contributed by atoms with E-state index in [4.69, 9.17) is 0 Å². The third-order valence-electron chi connectivity index (χ3n) is 4.89. The van der Waals surface area contributed by atoms with Crippen molar-refractivity contribution in [3.63, 3.8) is 0 Å². The van der Waals surface area contributed by atoms with Crippen LogP contribution in [0, 0.1) is 0 Å². The normalized spacial score (nSPS) is 11.3. The Labute approximate surface area is 182 Å². The van der Waals surface area contributed by atoms with E-state index in [0.29, 0.717) is 11.3 Å². The third kappa shape index (κ3) is 5.03. The lowest BCUT2D eigenvalue weighted by atomic mass is 10.1. The summed E-state index contributed by atoms with van der Waals surface area (Å²) in [7, 11) is 0. The monoisotopic (exact) mass is 436 g/mol. The van der Waals surface area contributed by atoms with Crippen molar-refractivity contribution in [2.45, 2.75) is 19.1 Å². The molecule has 4 rings (SSSR count). The number of halogens is 3. The van der Waals surface area contributed by atoms with Gasteiger partial charge in [0.25, 0.3) is 0 Å². The molecule has 0 aliphatic carbocycles. The number of rotatable bonds is 6. The molecule has 0 radical (unpaired) electrons. The molecule has 1 amide bonds. The maximum absolute atomic E-state index is 12.7. The number of hydrogen-bond acceptors (Lipinski definition) is 3. The van der Waals surface area contributed by atoms with Crippen LogP contribution in [0.5, 0.6) is 0 Å². The number of pyridine rings is 1. The van der Waals surface area contributed by atoms with E-state index in [1.807, 2.05) is 48.7 Å². The Morgan fingerprint density at radius 1 is 0.938 bits per heavy atom. The van der Waals surface area contributed by atoms with Crippen molar-refractivity contribution in [2.75, 3.05) is 0 Å². The summed E-state index contributed by atoms with van der Waals surface area (Å²) in [4.78, 5) is 16.5. The van der Waals surface area contributed by atoms with Crippen molar-refractivity contribution in [3.05, 3.63) is 102 Å². The van der Waals surface area contributed by atoms with Crippen LogP contribution in [0.15, 0.2) is 85.3 Å². The zero-order valence-electron chi connectivity index (χ0n) is 16.9. The first-order chi connectivity index (χ1) is 15.4. The molecule has 1 N–H and O–H groups in total.